The summed E-state index contributed by atoms with van der Waals surface area (Å²) in [7, 11) is 1.94. The fraction of sp³-hybridized carbons (Fsp3) is 0.190. The minimum atomic E-state index is -0.132. The van der Waals surface area contributed by atoms with Crippen molar-refractivity contribution in [3.63, 3.8) is 0 Å². The Kier molecular flexibility index (Phi) is 6.41. The number of ether oxygens (including phenoxy) is 1. The molecule has 0 aliphatic heterocycles. The molecule has 4 nitrogen and oxygen atoms in total. The maximum absolute atomic E-state index is 12.3. The zero-order valence-corrected chi connectivity index (χ0v) is 15.5. The Bertz CT molecular complexity index is 819. The Balaban J connectivity index is 1.70. The number of benzene rings is 2. The summed E-state index contributed by atoms with van der Waals surface area (Å²) in [5.41, 5.74) is 1.35. The van der Waals surface area contributed by atoms with Crippen LogP contribution in [0, 0.1) is 0 Å². The highest BCUT2D eigenvalue weighted by Crippen LogP contribution is 2.29. The Morgan fingerprint density at radius 1 is 1.08 bits per heavy atom. The summed E-state index contributed by atoms with van der Waals surface area (Å²) in [6.07, 6.45) is 0.861. The molecule has 3 rings (SSSR count). The smallest absolute Gasteiger partial charge is 0.255 e. The number of carbonyl (C=O) groups excluding carboxylic acids is 1. The lowest BCUT2D eigenvalue weighted by atomic mass is 10.2. The van der Waals surface area contributed by atoms with Crippen LogP contribution in [-0.2, 0) is 0 Å². The van der Waals surface area contributed by atoms with Crippen LogP contribution in [0.25, 0.3) is 0 Å². The summed E-state index contributed by atoms with van der Waals surface area (Å²) in [5, 5.41) is 8.15. The van der Waals surface area contributed by atoms with Crippen molar-refractivity contribution in [3.8, 4) is 5.75 Å². The van der Waals surface area contributed by atoms with Crippen LogP contribution in [0.5, 0.6) is 5.75 Å². The Morgan fingerprint density at radius 2 is 1.92 bits per heavy atom. The SMILES string of the molecule is CNCCC(Oc1cccc(NC(=O)c2ccccc2)c1)c1cccs1. The molecule has 1 amide bonds. The lowest BCUT2D eigenvalue weighted by Crippen LogP contribution is -2.16. The van der Waals surface area contributed by atoms with Gasteiger partial charge in [-0.15, -0.1) is 11.3 Å². The first kappa shape index (κ1) is 18.2. The molecule has 0 aliphatic rings. The molecule has 0 radical (unpaired) electrons. The van der Waals surface area contributed by atoms with Gasteiger partial charge in [-0.05, 0) is 49.3 Å². The zero-order valence-electron chi connectivity index (χ0n) is 14.6. The summed E-state index contributed by atoms with van der Waals surface area (Å²) in [6, 6.07) is 20.8. The van der Waals surface area contributed by atoms with E-state index in [4.69, 9.17) is 4.74 Å². The van der Waals surface area contributed by atoms with E-state index in [2.05, 4.69) is 22.1 Å². The van der Waals surface area contributed by atoms with Crippen LogP contribution in [0.2, 0.25) is 0 Å². The topological polar surface area (TPSA) is 50.4 Å². The van der Waals surface area contributed by atoms with Gasteiger partial charge in [-0.1, -0.05) is 30.3 Å². The van der Waals surface area contributed by atoms with E-state index in [0.29, 0.717) is 5.56 Å². The number of anilines is 1. The van der Waals surface area contributed by atoms with Crippen LogP contribution in [-0.4, -0.2) is 19.5 Å². The number of rotatable bonds is 8. The number of thiophene rings is 1. The second-order valence-electron chi connectivity index (χ2n) is 5.86. The highest BCUT2D eigenvalue weighted by Gasteiger charge is 2.15. The van der Waals surface area contributed by atoms with Crippen LogP contribution in [0.1, 0.15) is 27.8 Å². The highest BCUT2D eigenvalue weighted by atomic mass is 32.1. The summed E-state index contributed by atoms with van der Waals surface area (Å²) >= 11 is 1.69. The maximum Gasteiger partial charge on any atom is 0.255 e. The van der Waals surface area contributed by atoms with E-state index in [1.165, 1.54) is 4.88 Å². The largest absolute Gasteiger partial charge is 0.485 e. The van der Waals surface area contributed by atoms with Crippen molar-refractivity contribution in [2.24, 2.45) is 0 Å². The number of carbonyl (C=O) groups is 1. The number of hydrogen-bond acceptors (Lipinski definition) is 4. The van der Waals surface area contributed by atoms with Crippen molar-refractivity contribution >= 4 is 22.9 Å². The van der Waals surface area contributed by atoms with E-state index >= 15 is 0 Å². The molecule has 5 heteroatoms. The van der Waals surface area contributed by atoms with Crippen molar-refractivity contribution in [2.45, 2.75) is 12.5 Å². The molecule has 1 atom stereocenters. The van der Waals surface area contributed by atoms with Crippen LogP contribution < -0.4 is 15.4 Å². The van der Waals surface area contributed by atoms with Crippen LogP contribution in [0.4, 0.5) is 5.69 Å². The maximum atomic E-state index is 12.3. The van der Waals surface area contributed by atoms with Crippen LogP contribution >= 0.6 is 11.3 Å². The minimum Gasteiger partial charge on any atom is -0.485 e. The van der Waals surface area contributed by atoms with Gasteiger partial charge in [0.25, 0.3) is 5.91 Å². The van der Waals surface area contributed by atoms with Gasteiger partial charge in [0, 0.05) is 28.6 Å². The van der Waals surface area contributed by atoms with Gasteiger partial charge in [0.2, 0.25) is 0 Å². The molecule has 3 aromatic rings. The normalized spacial score (nSPS) is 11.7. The molecule has 0 saturated heterocycles. The van der Waals surface area contributed by atoms with Gasteiger partial charge in [-0.3, -0.25) is 4.79 Å². The Labute approximate surface area is 157 Å². The molecule has 0 spiro atoms. The second-order valence-corrected chi connectivity index (χ2v) is 6.84. The third-order valence-corrected chi connectivity index (χ3v) is 4.89. The molecule has 26 heavy (non-hydrogen) atoms. The van der Waals surface area contributed by atoms with E-state index < -0.39 is 0 Å². The van der Waals surface area contributed by atoms with Gasteiger partial charge < -0.3 is 15.4 Å². The third kappa shape index (κ3) is 4.94. The van der Waals surface area contributed by atoms with Crippen molar-refractivity contribution in [1.82, 2.24) is 5.32 Å². The van der Waals surface area contributed by atoms with Gasteiger partial charge >= 0.3 is 0 Å². The Morgan fingerprint density at radius 3 is 2.65 bits per heavy atom. The first-order valence-corrected chi connectivity index (χ1v) is 9.45. The summed E-state index contributed by atoms with van der Waals surface area (Å²) in [6.45, 7) is 0.868. The quantitative estimate of drug-likeness (QED) is 0.606. The number of amides is 1. The van der Waals surface area contributed by atoms with E-state index in [1.54, 1.807) is 23.5 Å². The van der Waals surface area contributed by atoms with Crippen molar-refractivity contribution in [2.75, 3.05) is 18.9 Å². The predicted octanol–water partition coefficient (Wildman–Crippen LogP) is 4.73. The lowest BCUT2D eigenvalue weighted by molar-refractivity contribution is 0.102. The summed E-state index contributed by atoms with van der Waals surface area (Å²) in [5.74, 6) is 0.609. The monoisotopic (exact) mass is 366 g/mol. The fourth-order valence-corrected chi connectivity index (χ4v) is 3.40. The van der Waals surface area contributed by atoms with Crippen LogP contribution in [0.3, 0.4) is 0 Å². The molecule has 1 heterocycles. The summed E-state index contributed by atoms with van der Waals surface area (Å²) < 4.78 is 6.21. The number of nitrogens with one attached hydrogen (secondary N) is 2. The predicted molar refractivity (Wildman–Crippen MR) is 107 cm³/mol. The third-order valence-electron chi connectivity index (χ3n) is 3.92. The molecule has 0 bridgehead atoms. The minimum absolute atomic E-state index is 0.0116. The van der Waals surface area contributed by atoms with Crippen molar-refractivity contribution in [1.29, 1.82) is 0 Å². The van der Waals surface area contributed by atoms with Gasteiger partial charge in [0.1, 0.15) is 11.9 Å². The molecular formula is C21H22N2O2S. The van der Waals surface area contributed by atoms with E-state index in [9.17, 15) is 4.79 Å². The van der Waals surface area contributed by atoms with Crippen molar-refractivity contribution in [3.05, 3.63) is 82.6 Å². The molecule has 1 unspecified atom stereocenters. The molecule has 0 saturated carbocycles. The molecule has 2 aromatic carbocycles. The zero-order chi connectivity index (χ0) is 18.2. The van der Waals surface area contributed by atoms with Crippen molar-refractivity contribution < 1.29 is 9.53 Å². The van der Waals surface area contributed by atoms with Gasteiger partial charge in [-0.2, -0.15) is 0 Å². The molecule has 134 valence electrons. The average molecular weight is 366 g/mol. The fourth-order valence-electron chi connectivity index (χ4n) is 2.61. The van der Waals surface area contributed by atoms with Crippen LogP contribution in [0.15, 0.2) is 72.1 Å². The first-order valence-electron chi connectivity index (χ1n) is 8.57. The Hall–Kier alpha value is -2.63. The van der Waals surface area contributed by atoms with E-state index in [-0.39, 0.29) is 12.0 Å². The van der Waals surface area contributed by atoms with E-state index in [1.807, 2.05) is 55.6 Å². The van der Waals surface area contributed by atoms with Gasteiger partial charge in [-0.25, -0.2) is 0 Å². The molecular weight excluding hydrogens is 344 g/mol. The molecule has 1 aromatic heterocycles. The van der Waals surface area contributed by atoms with E-state index in [0.717, 1.165) is 24.4 Å². The highest BCUT2D eigenvalue weighted by molar-refractivity contribution is 7.10. The average Bonchev–Trinajstić information content (AvgIpc) is 3.21. The number of hydrogen-bond donors (Lipinski definition) is 2. The van der Waals surface area contributed by atoms with Gasteiger partial charge in [0.05, 0.1) is 0 Å². The summed E-state index contributed by atoms with van der Waals surface area (Å²) in [4.78, 5) is 13.5. The molecule has 2 N–H and O–H groups in total. The molecule has 0 aliphatic carbocycles. The first-order chi connectivity index (χ1) is 12.8. The lowest BCUT2D eigenvalue weighted by Gasteiger charge is -2.18. The standard InChI is InChI=1S/C21H22N2O2S/c1-22-13-12-19(20-11-6-14-26-20)25-18-10-5-9-17(15-18)23-21(24)16-7-3-2-4-8-16/h2-11,14-15,19,22H,12-13H2,1H3,(H,23,24). The van der Waals surface area contributed by atoms with Gasteiger partial charge in [0.15, 0.2) is 0 Å². The second kappa shape index (κ2) is 9.17. The molecule has 0 fully saturated rings.